The fourth-order valence-corrected chi connectivity index (χ4v) is 1.20. The molecule has 0 amide bonds. The molecule has 0 saturated carbocycles. The molecule has 6 heteroatoms. The summed E-state index contributed by atoms with van der Waals surface area (Å²) in [5.74, 6) is -1.31. The van der Waals surface area contributed by atoms with Crippen molar-refractivity contribution in [2.75, 3.05) is 5.75 Å². The van der Waals surface area contributed by atoms with Crippen molar-refractivity contribution >= 4 is 10.1 Å². The van der Waals surface area contributed by atoms with Crippen LogP contribution in [0.5, 0.6) is 0 Å². The lowest BCUT2D eigenvalue weighted by atomic mass is 10.3. The van der Waals surface area contributed by atoms with Crippen LogP contribution in [0.15, 0.2) is 11.8 Å². The van der Waals surface area contributed by atoms with Gasteiger partial charge in [0.1, 0.15) is 17.6 Å². The van der Waals surface area contributed by atoms with Gasteiger partial charge in [0.25, 0.3) is 10.1 Å². The number of rotatable bonds is 4. The third-order valence-electron chi connectivity index (χ3n) is 1.12. The van der Waals surface area contributed by atoms with Crippen LogP contribution in [0.25, 0.3) is 0 Å². The maximum absolute atomic E-state index is 10.2. The van der Waals surface area contributed by atoms with Gasteiger partial charge in [0.05, 0.1) is 0 Å². The van der Waals surface area contributed by atoms with Crippen LogP contribution < -0.4 is 0 Å². The van der Waals surface area contributed by atoms with Crippen LogP contribution in [-0.4, -0.2) is 35.0 Å². The third kappa shape index (κ3) is 5.11. The third-order valence-corrected chi connectivity index (χ3v) is 1.86. The van der Waals surface area contributed by atoms with Gasteiger partial charge >= 0.3 is 0 Å². The molecule has 0 aromatic heterocycles. The zero-order valence-corrected chi connectivity index (χ0v) is 7.45. The van der Waals surface area contributed by atoms with E-state index in [0.717, 1.165) is 0 Å². The summed E-state index contributed by atoms with van der Waals surface area (Å²) in [6, 6.07) is 0. The number of hydrogen-bond acceptors (Lipinski definition) is 4. The molecule has 0 fully saturated rings. The lowest BCUT2D eigenvalue weighted by molar-refractivity contribution is 0.169. The van der Waals surface area contributed by atoms with E-state index in [1.807, 2.05) is 0 Å². The van der Waals surface area contributed by atoms with Gasteiger partial charge in [0.2, 0.25) is 0 Å². The van der Waals surface area contributed by atoms with E-state index in [-0.39, 0.29) is 0 Å². The molecule has 12 heavy (non-hydrogen) atoms. The maximum atomic E-state index is 10.2. The molecule has 0 radical (unpaired) electrons. The van der Waals surface area contributed by atoms with Gasteiger partial charge in [-0.25, -0.2) is 0 Å². The lowest BCUT2D eigenvalue weighted by Gasteiger charge is -2.06. The quantitative estimate of drug-likeness (QED) is 0.437. The van der Waals surface area contributed by atoms with Gasteiger partial charge in [0, 0.05) is 0 Å². The first-order chi connectivity index (χ1) is 5.37. The fourth-order valence-electron chi connectivity index (χ4n) is 0.630. The summed E-state index contributed by atoms with van der Waals surface area (Å²) >= 11 is 0. The van der Waals surface area contributed by atoms with E-state index in [1.54, 1.807) is 6.92 Å². The van der Waals surface area contributed by atoms with Gasteiger partial charge in [-0.1, -0.05) is 6.92 Å². The zero-order valence-electron chi connectivity index (χ0n) is 6.64. The molecule has 0 bridgehead atoms. The molecule has 5 nitrogen and oxygen atoms in total. The van der Waals surface area contributed by atoms with E-state index in [2.05, 4.69) is 0 Å². The van der Waals surface area contributed by atoms with Crippen molar-refractivity contribution in [1.29, 1.82) is 0 Å². The van der Waals surface area contributed by atoms with Gasteiger partial charge in [-0.3, -0.25) is 4.55 Å². The van der Waals surface area contributed by atoms with Crippen molar-refractivity contribution in [2.45, 2.75) is 19.4 Å². The topological polar surface area (TPSA) is 94.8 Å². The minimum absolute atomic E-state index is 0.435. The maximum Gasteiger partial charge on any atom is 0.267 e. The molecule has 0 aliphatic carbocycles. The average Bonchev–Trinajstić information content (AvgIpc) is 1.84. The highest BCUT2D eigenvalue weighted by molar-refractivity contribution is 7.85. The standard InChI is InChI=1S/C6H12O5S/c1-2-3-5(7)6(8)4-12(9,10)11/h3,6-8H,2,4H2,1H3,(H,9,10,11). The van der Waals surface area contributed by atoms with Crippen molar-refractivity contribution in [3.8, 4) is 0 Å². The van der Waals surface area contributed by atoms with Crippen LogP contribution >= 0.6 is 0 Å². The van der Waals surface area contributed by atoms with E-state index in [1.165, 1.54) is 6.08 Å². The van der Waals surface area contributed by atoms with Crippen LogP contribution in [0.4, 0.5) is 0 Å². The Morgan fingerprint density at radius 3 is 2.42 bits per heavy atom. The number of allylic oxidation sites excluding steroid dienone is 1. The summed E-state index contributed by atoms with van der Waals surface area (Å²) in [5.41, 5.74) is 0. The Morgan fingerprint density at radius 1 is 1.58 bits per heavy atom. The molecule has 0 aliphatic rings. The molecule has 1 unspecified atom stereocenters. The first kappa shape index (κ1) is 11.4. The van der Waals surface area contributed by atoms with Crippen molar-refractivity contribution in [1.82, 2.24) is 0 Å². The van der Waals surface area contributed by atoms with Gasteiger partial charge in [-0.15, -0.1) is 0 Å². The van der Waals surface area contributed by atoms with Crippen molar-refractivity contribution in [3.05, 3.63) is 11.8 Å². The minimum Gasteiger partial charge on any atom is -0.510 e. The summed E-state index contributed by atoms with van der Waals surface area (Å²) in [7, 11) is -4.24. The summed E-state index contributed by atoms with van der Waals surface area (Å²) in [5, 5.41) is 17.8. The molecule has 1 atom stereocenters. The first-order valence-corrected chi connectivity index (χ1v) is 5.00. The largest absolute Gasteiger partial charge is 0.510 e. The Labute approximate surface area is 71.1 Å². The Bertz CT molecular complexity index is 253. The number of aliphatic hydroxyl groups is 2. The van der Waals surface area contributed by atoms with Crippen molar-refractivity contribution in [3.63, 3.8) is 0 Å². The number of aliphatic hydroxyl groups excluding tert-OH is 2. The van der Waals surface area contributed by atoms with Crippen LogP contribution in [-0.2, 0) is 10.1 Å². The molecular formula is C6H12O5S. The van der Waals surface area contributed by atoms with E-state index >= 15 is 0 Å². The van der Waals surface area contributed by atoms with Gasteiger partial charge in [-0.2, -0.15) is 8.42 Å². The molecule has 0 rings (SSSR count). The summed E-state index contributed by atoms with van der Waals surface area (Å²) < 4.78 is 28.7. The molecule has 0 heterocycles. The van der Waals surface area contributed by atoms with E-state index < -0.39 is 27.7 Å². The molecule has 0 saturated heterocycles. The average molecular weight is 196 g/mol. The van der Waals surface area contributed by atoms with E-state index in [9.17, 15) is 8.42 Å². The van der Waals surface area contributed by atoms with Crippen LogP contribution in [0, 0.1) is 0 Å². The Balaban J connectivity index is 4.23. The molecule has 0 aromatic carbocycles. The molecule has 72 valence electrons. The smallest absolute Gasteiger partial charge is 0.267 e. The normalized spacial score (nSPS) is 16.1. The van der Waals surface area contributed by atoms with Crippen LogP contribution in [0.1, 0.15) is 13.3 Å². The highest BCUT2D eigenvalue weighted by atomic mass is 32.2. The highest BCUT2D eigenvalue weighted by Gasteiger charge is 2.16. The second-order valence-corrected chi connectivity index (χ2v) is 3.80. The number of hydrogen-bond donors (Lipinski definition) is 3. The van der Waals surface area contributed by atoms with Gasteiger partial charge in [0.15, 0.2) is 0 Å². The molecule has 3 N–H and O–H groups in total. The summed E-state index contributed by atoms with van der Waals surface area (Å²) in [6.45, 7) is 1.72. The molecule has 0 aromatic rings. The minimum atomic E-state index is -4.24. The molecule has 0 spiro atoms. The molecular weight excluding hydrogens is 184 g/mol. The van der Waals surface area contributed by atoms with E-state index in [4.69, 9.17) is 14.8 Å². The monoisotopic (exact) mass is 196 g/mol. The molecule has 0 aliphatic heterocycles. The zero-order chi connectivity index (χ0) is 9.78. The SMILES string of the molecule is CCC=C(O)C(O)CS(=O)(=O)O. The highest BCUT2D eigenvalue weighted by Crippen LogP contribution is 2.02. The Kier molecular flexibility index (Phi) is 4.22. The predicted molar refractivity (Wildman–Crippen MR) is 43.4 cm³/mol. The van der Waals surface area contributed by atoms with Crippen molar-refractivity contribution < 1.29 is 23.2 Å². The summed E-state index contributed by atoms with van der Waals surface area (Å²) in [6.07, 6.45) is 0.212. The van der Waals surface area contributed by atoms with E-state index in [0.29, 0.717) is 6.42 Å². The van der Waals surface area contributed by atoms with Gasteiger partial charge in [-0.05, 0) is 12.5 Å². The van der Waals surface area contributed by atoms with Crippen molar-refractivity contribution in [2.24, 2.45) is 0 Å². The first-order valence-electron chi connectivity index (χ1n) is 3.39. The second kappa shape index (κ2) is 4.44. The summed E-state index contributed by atoms with van der Waals surface area (Å²) in [4.78, 5) is 0. The van der Waals surface area contributed by atoms with Crippen LogP contribution in [0.3, 0.4) is 0 Å². The van der Waals surface area contributed by atoms with Gasteiger partial charge < -0.3 is 10.2 Å². The Hall–Kier alpha value is -0.590. The second-order valence-electron chi connectivity index (χ2n) is 2.30. The predicted octanol–water partition coefficient (Wildman–Crippen LogP) is 0.0870. The Morgan fingerprint density at radius 2 is 2.08 bits per heavy atom. The lowest BCUT2D eigenvalue weighted by Crippen LogP contribution is -2.22. The van der Waals surface area contributed by atoms with Crippen LogP contribution in [0.2, 0.25) is 0 Å². The fraction of sp³-hybridized carbons (Fsp3) is 0.667.